The number of nitrogens with zero attached hydrogens (tertiary/aromatic N) is 1. The first-order valence-electron chi connectivity index (χ1n) is 8.13. The molecule has 0 heterocycles. The summed E-state index contributed by atoms with van der Waals surface area (Å²) in [4.78, 5) is 12.4. The van der Waals surface area contributed by atoms with Gasteiger partial charge in [-0.1, -0.05) is 41.5 Å². The lowest BCUT2D eigenvalue weighted by Gasteiger charge is -2.31. The smallest absolute Gasteiger partial charge is 0.310 e. The van der Waals surface area contributed by atoms with E-state index in [9.17, 15) is 10.1 Å². The van der Waals surface area contributed by atoms with Crippen LogP contribution < -0.4 is 0 Å². The number of carbonyl (C=O) groups excluding carboxylic acids is 1. The number of ether oxygens (including phenoxy) is 1. The molecule has 0 N–H and O–H groups in total. The van der Waals surface area contributed by atoms with Crippen molar-refractivity contribution in [1.29, 1.82) is 5.26 Å². The summed E-state index contributed by atoms with van der Waals surface area (Å²) in [6.45, 7) is 14.2. The van der Waals surface area contributed by atoms with Gasteiger partial charge in [-0.25, -0.2) is 0 Å². The van der Waals surface area contributed by atoms with Gasteiger partial charge in [0.05, 0.1) is 17.9 Å². The second kappa shape index (κ2) is 11.2. The van der Waals surface area contributed by atoms with E-state index in [1.54, 1.807) is 11.8 Å². The minimum Gasteiger partial charge on any atom is -0.460 e. The van der Waals surface area contributed by atoms with Crippen LogP contribution in [-0.4, -0.2) is 34.1 Å². The summed E-state index contributed by atoms with van der Waals surface area (Å²) in [5.41, 5.74) is 0. The summed E-state index contributed by atoms with van der Waals surface area (Å²) in [6, 6.07) is 2.25. The SMILES string of the molecule is CCSC(C)C(C)C(=O)OC(C(C)C#N)C(C)C(C)SCC. The molecule has 0 aromatic carbocycles. The molecule has 0 radical (unpaired) electrons. The average molecular weight is 346 g/mol. The summed E-state index contributed by atoms with van der Waals surface area (Å²) in [5, 5.41) is 9.85. The van der Waals surface area contributed by atoms with E-state index in [2.05, 4.69) is 40.7 Å². The van der Waals surface area contributed by atoms with Crippen LogP contribution in [0, 0.1) is 29.1 Å². The minimum absolute atomic E-state index is 0.153. The van der Waals surface area contributed by atoms with Gasteiger partial charge in [0, 0.05) is 16.4 Å². The van der Waals surface area contributed by atoms with Gasteiger partial charge in [-0.2, -0.15) is 28.8 Å². The molecule has 128 valence electrons. The summed E-state index contributed by atoms with van der Waals surface area (Å²) < 4.78 is 5.77. The highest BCUT2D eigenvalue weighted by Gasteiger charge is 2.33. The van der Waals surface area contributed by atoms with E-state index in [-0.39, 0.29) is 35.1 Å². The van der Waals surface area contributed by atoms with Crippen LogP contribution in [0.25, 0.3) is 0 Å². The maximum absolute atomic E-state index is 12.4. The Kier molecular flexibility index (Phi) is 11.1. The van der Waals surface area contributed by atoms with Gasteiger partial charge < -0.3 is 4.74 Å². The zero-order valence-electron chi connectivity index (χ0n) is 15.0. The van der Waals surface area contributed by atoms with E-state index in [0.29, 0.717) is 5.25 Å². The fourth-order valence-electron chi connectivity index (χ4n) is 2.26. The summed E-state index contributed by atoms with van der Waals surface area (Å²) in [7, 11) is 0. The molecule has 0 aliphatic rings. The van der Waals surface area contributed by atoms with Crippen molar-refractivity contribution in [2.75, 3.05) is 11.5 Å². The molecule has 22 heavy (non-hydrogen) atoms. The van der Waals surface area contributed by atoms with E-state index < -0.39 is 0 Å². The molecule has 0 rings (SSSR count). The number of nitriles is 1. The van der Waals surface area contributed by atoms with Gasteiger partial charge in [0.25, 0.3) is 0 Å². The lowest BCUT2D eigenvalue weighted by atomic mass is 9.91. The summed E-state index contributed by atoms with van der Waals surface area (Å²) >= 11 is 3.60. The number of thioether (sulfide) groups is 2. The molecule has 5 heteroatoms. The van der Waals surface area contributed by atoms with Crippen molar-refractivity contribution in [3.05, 3.63) is 0 Å². The molecular formula is C17H31NO2S2. The molecule has 0 saturated heterocycles. The number of esters is 1. The van der Waals surface area contributed by atoms with Crippen LogP contribution in [0.1, 0.15) is 48.5 Å². The van der Waals surface area contributed by atoms with Crippen molar-refractivity contribution in [2.24, 2.45) is 17.8 Å². The van der Waals surface area contributed by atoms with Gasteiger partial charge in [0.15, 0.2) is 0 Å². The molecule has 0 aromatic rings. The first kappa shape index (κ1) is 21.7. The van der Waals surface area contributed by atoms with Crippen LogP contribution in [0.15, 0.2) is 0 Å². The van der Waals surface area contributed by atoms with E-state index in [0.717, 1.165) is 11.5 Å². The number of rotatable bonds is 10. The van der Waals surface area contributed by atoms with Crippen LogP contribution in [0.4, 0.5) is 0 Å². The van der Waals surface area contributed by atoms with Gasteiger partial charge >= 0.3 is 5.97 Å². The standard InChI is InChI=1S/C17H31NO2S2/c1-8-21-14(6)12(4)16(11(3)10-18)20-17(19)13(5)15(7)22-9-2/h11-16H,8-9H2,1-7H3. The minimum atomic E-state index is -0.340. The third-order valence-electron chi connectivity index (χ3n) is 4.14. The lowest BCUT2D eigenvalue weighted by molar-refractivity contribution is -0.157. The number of hydrogen-bond donors (Lipinski definition) is 0. The molecule has 3 nitrogen and oxygen atoms in total. The summed E-state index contributed by atoms with van der Waals surface area (Å²) in [5.74, 6) is 1.54. The first-order chi connectivity index (χ1) is 10.3. The van der Waals surface area contributed by atoms with Crippen molar-refractivity contribution in [1.82, 2.24) is 0 Å². The Balaban J connectivity index is 4.93. The predicted octanol–water partition coefficient (Wildman–Crippen LogP) is 4.61. The van der Waals surface area contributed by atoms with Crippen molar-refractivity contribution < 1.29 is 9.53 Å². The van der Waals surface area contributed by atoms with Crippen LogP contribution in [-0.2, 0) is 9.53 Å². The fraction of sp³-hybridized carbons (Fsp3) is 0.882. The van der Waals surface area contributed by atoms with Gasteiger partial charge in [0.1, 0.15) is 6.10 Å². The van der Waals surface area contributed by atoms with Crippen LogP contribution in [0.3, 0.4) is 0 Å². The van der Waals surface area contributed by atoms with Gasteiger partial charge in [-0.15, -0.1) is 0 Å². The third kappa shape index (κ3) is 6.83. The molecule has 0 fully saturated rings. The maximum atomic E-state index is 12.4. The van der Waals surface area contributed by atoms with E-state index in [1.807, 2.05) is 25.6 Å². The first-order valence-corrected chi connectivity index (χ1v) is 10.2. The Morgan fingerprint density at radius 3 is 2.00 bits per heavy atom. The monoisotopic (exact) mass is 345 g/mol. The second-order valence-electron chi connectivity index (χ2n) is 5.79. The quantitative estimate of drug-likeness (QED) is 0.541. The molecule has 0 saturated carbocycles. The molecule has 0 aromatic heterocycles. The number of carbonyl (C=O) groups is 1. The maximum Gasteiger partial charge on any atom is 0.310 e. The van der Waals surface area contributed by atoms with Crippen molar-refractivity contribution in [2.45, 2.75) is 65.1 Å². The Morgan fingerprint density at radius 1 is 1.05 bits per heavy atom. The van der Waals surface area contributed by atoms with E-state index in [4.69, 9.17) is 4.74 Å². The Bertz CT molecular complexity index is 370. The van der Waals surface area contributed by atoms with E-state index >= 15 is 0 Å². The molecule has 6 atom stereocenters. The Hall–Kier alpha value is -0.340. The lowest BCUT2D eigenvalue weighted by Crippen LogP contribution is -2.38. The van der Waals surface area contributed by atoms with Crippen LogP contribution >= 0.6 is 23.5 Å². The highest BCUT2D eigenvalue weighted by Crippen LogP contribution is 2.29. The molecule has 6 unspecified atom stereocenters. The normalized spacial score (nSPS) is 19.4. The van der Waals surface area contributed by atoms with Crippen LogP contribution in [0.2, 0.25) is 0 Å². The zero-order valence-corrected chi connectivity index (χ0v) is 16.6. The van der Waals surface area contributed by atoms with E-state index in [1.165, 1.54) is 0 Å². The fourth-order valence-corrected chi connectivity index (χ4v) is 4.17. The van der Waals surface area contributed by atoms with Gasteiger partial charge in [-0.05, 0) is 18.4 Å². The topological polar surface area (TPSA) is 50.1 Å². The van der Waals surface area contributed by atoms with Gasteiger partial charge in [-0.3, -0.25) is 4.79 Å². The predicted molar refractivity (Wildman–Crippen MR) is 98.2 cm³/mol. The molecule has 0 spiro atoms. The summed E-state index contributed by atoms with van der Waals surface area (Å²) in [6.07, 6.45) is -0.340. The average Bonchev–Trinajstić information content (AvgIpc) is 2.50. The highest BCUT2D eigenvalue weighted by molar-refractivity contribution is 8.00. The number of hydrogen-bond acceptors (Lipinski definition) is 5. The van der Waals surface area contributed by atoms with Crippen LogP contribution in [0.5, 0.6) is 0 Å². The molecule has 0 amide bonds. The van der Waals surface area contributed by atoms with Crippen molar-refractivity contribution in [3.63, 3.8) is 0 Å². The van der Waals surface area contributed by atoms with Gasteiger partial charge in [0.2, 0.25) is 0 Å². The largest absolute Gasteiger partial charge is 0.460 e. The Labute approximate surface area is 144 Å². The van der Waals surface area contributed by atoms with Crippen molar-refractivity contribution in [3.8, 4) is 6.07 Å². The molecule has 0 aliphatic heterocycles. The molecular weight excluding hydrogens is 314 g/mol. The highest BCUT2D eigenvalue weighted by atomic mass is 32.2. The second-order valence-corrected chi connectivity index (χ2v) is 9.10. The Morgan fingerprint density at radius 2 is 1.55 bits per heavy atom. The third-order valence-corrected chi connectivity index (χ3v) is 6.70. The molecule has 0 bridgehead atoms. The molecule has 0 aliphatic carbocycles. The van der Waals surface area contributed by atoms with Crippen molar-refractivity contribution >= 4 is 29.5 Å². The zero-order chi connectivity index (χ0) is 17.3.